The standard InChI is InChI=1S/C22H39N3O/c1-5-16-24(17-6-2)18-10-9-15-23-19-20-11-13-21(14-12-20)22(26)25(7-3)8-4/h11-14,23H,5-10,15-19H2,1-4H3. The molecule has 0 aliphatic rings. The maximum atomic E-state index is 12.3. The largest absolute Gasteiger partial charge is 0.339 e. The van der Waals surface area contributed by atoms with Crippen LogP contribution >= 0.6 is 0 Å². The molecule has 26 heavy (non-hydrogen) atoms. The van der Waals surface area contributed by atoms with Crippen molar-refractivity contribution in [2.24, 2.45) is 0 Å². The zero-order valence-electron chi connectivity index (χ0n) is 17.4. The number of unbranched alkanes of at least 4 members (excludes halogenated alkanes) is 1. The van der Waals surface area contributed by atoms with Crippen LogP contribution in [0.3, 0.4) is 0 Å². The molecule has 0 aliphatic heterocycles. The molecule has 0 heterocycles. The highest BCUT2D eigenvalue weighted by atomic mass is 16.2. The van der Waals surface area contributed by atoms with Crippen LogP contribution in [0.1, 0.15) is 69.3 Å². The topological polar surface area (TPSA) is 35.6 Å². The SMILES string of the molecule is CCCN(CCC)CCCCNCc1ccc(C(=O)N(CC)CC)cc1. The van der Waals surface area contributed by atoms with Gasteiger partial charge in [0.2, 0.25) is 0 Å². The van der Waals surface area contributed by atoms with Crippen molar-refractivity contribution in [3.05, 3.63) is 35.4 Å². The van der Waals surface area contributed by atoms with Crippen molar-refractivity contribution in [2.75, 3.05) is 39.3 Å². The molecule has 148 valence electrons. The lowest BCUT2D eigenvalue weighted by Crippen LogP contribution is -2.30. The Morgan fingerprint density at radius 3 is 2.04 bits per heavy atom. The van der Waals surface area contributed by atoms with Gasteiger partial charge in [-0.15, -0.1) is 0 Å². The third-order valence-electron chi connectivity index (χ3n) is 4.74. The van der Waals surface area contributed by atoms with E-state index in [1.54, 1.807) is 0 Å². The average molecular weight is 362 g/mol. The Bertz CT molecular complexity index is 477. The molecule has 4 nitrogen and oxygen atoms in total. The fourth-order valence-corrected chi connectivity index (χ4v) is 3.24. The van der Waals surface area contributed by atoms with Crippen molar-refractivity contribution < 1.29 is 4.79 Å². The van der Waals surface area contributed by atoms with Crippen molar-refractivity contribution in [1.82, 2.24) is 15.1 Å². The Labute approximate surface area is 161 Å². The lowest BCUT2D eigenvalue weighted by molar-refractivity contribution is 0.0773. The maximum Gasteiger partial charge on any atom is 0.253 e. The number of nitrogens with one attached hydrogen (secondary N) is 1. The van der Waals surface area contributed by atoms with Gasteiger partial charge in [0.05, 0.1) is 0 Å². The van der Waals surface area contributed by atoms with E-state index in [4.69, 9.17) is 0 Å². The highest BCUT2D eigenvalue weighted by molar-refractivity contribution is 5.94. The number of benzene rings is 1. The summed E-state index contributed by atoms with van der Waals surface area (Å²) in [6.07, 6.45) is 4.95. The van der Waals surface area contributed by atoms with Crippen molar-refractivity contribution in [3.8, 4) is 0 Å². The lowest BCUT2D eigenvalue weighted by atomic mass is 10.1. The van der Waals surface area contributed by atoms with Crippen molar-refractivity contribution in [1.29, 1.82) is 0 Å². The third kappa shape index (κ3) is 8.33. The molecule has 0 spiro atoms. The third-order valence-corrected chi connectivity index (χ3v) is 4.74. The van der Waals surface area contributed by atoms with Crippen LogP contribution in [-0.4, -0.2) is 55.0 Å². The van der Waals surface area contributed by atoms with Crippen molar-refractivity contribution >= 4 is 5.91 Å². The molecule has 0 saturated carbocycles. The molecular formula is C22H39N3O. The number of carbonyl (C=O) groups excluding carboxylic acids is 1. The van der Waals surface area contributed by atoms with Gasteiger partial charge >= 0.3 is 0 Å². The summed E-state index contributed by atoms with van der Waals surface area (Å²) >= 11 is 0. The molecule has 1 amide bonds. The van der Waals surface area contributed by atoms with Crippen LogP contribution in [0.25, 0.3) is 0 Å². The number of amides is 1. The van der Waals surface area contributed by atoms with Crippen LogP contribution < -0.4 is 5.32 Å². The summed E-state index contributed by atoms with van der Waals surface area (Å²) in [6, 6.07) is 8.03. The zero-order valence-corrected chi connectivity index (χ0v) is 17.4. The zero-order chi connectivity index (χ0) is 19.2. The van der Waals surface area contributed by atoms with Crippen LogP contribution in [0.15, 0.2) is 24.3 Å². The molecule has 0 bridgehead atoms. The molecule has 1 aromatic carbocycles. The fourth-order valence-electron chi connectivity index (χ4n) is 3.24. The molecule has 0 saturated heterocycles. The van der Waals surface area contributed by atoms with Gasteiger partial charge in [-0.3, -0.25) is 4.79 Å². The van der Waals surface area contributed by atoms with Gasteiger partial charge in [0.25, 0.3) is 5.91 Å². The maximum absolute atomic E-state index is 12.3. The van der Waals surface area contributed by atoms with Gasteiger partial charge in [-0.05, 0) is 83.4 Å². The van der Waals surface area contributed by atoms with E-state index < -0.39 is 0 Å². The first-order valence-corrected chi connectivity index (χ1v) is 10.5. The summed E-state index contributed by atoms with van der Waals surface area (Å²) in [6.45, 7) is 15.6. The normalized spacial score (nSPS) is 11.1. The van der Waals surface area contributed by atoms with Crippen LogP contribution in [0.5, 0.6) is 0 Å². The van der Waals surface area contributed by atoms with Gasteiger partial charge in [0, 0.05) is 25.2 Å². The van der Waals surface area contributed by atoms with Crippen LogP contribution in [0.4, 0.5) is 0 Å². The first-order chi connectivity index (χ1) is 12.7. The van der Waals surface area contributed by atoms with Crippen molar-refractivity contribution in [2.45, 2.75) is 59.9 Å². The number of nitrogens with zero attached hydrogens (tertiary/aromatic N) is 2. The minimum atomic E-state index is 0.123. The first-order valence-electron chi connectivity index (χ1n) is 10.5. The Morgan fingerprint density at radius 1 is 0.885 bits per heavy atom. The smallest absolute Gasteiger partial charge is 0.253 e. The first kappa shape index (κ1) is 22.7. The molecule has 1 rings (SSSR count). The molecule has 1 N–H and O–H groups in total. The molecule has 0 atom stereocenters. The van der Waals surface area contributed by atoms with E-state index in [-0.39, 0.29) is 5.91 Å². The fraction of sp³-hybridized carbons (Fsp3) is 0.682. The second kappa shape index (κ2) is 13.8. The molecule has 0 fully saturated rings. The summed E-state index contributed by atoms with van der Waals surface area (Å²) in [5, 5.41) is 3.52. The van der Waals surface area contributed by atoms with Gasteiger partial charge in [0.1, 0.15) is 0 Å². The Morgan fingerprint density at radius 2 is 1.50 bits per heavy atom. The Kier molecular flexibility index (Phi) is 12.0. The number of rotatable bonds is 14. The van der Waals surface area contributed by atoms with E-state index in [0.29, 0.717) is 0 Å². The van der Waals surface area contributed by atoms with E-state index in [9.17, 15) is 4.79 Å². The van der Waals surface area contributed by atoms with E-state index in [1.807, 2.05) is 30.9 Å². The summed E-state index contributed by atoms with van der Waals surface area (Å²) in [4.78, 5) is 16.7. The minimum absolute atomic E-state index is 0.123. The molecule has 0 aliphatic carbocycles. The molecule has 0 aromatic heterocycles. The highest BCUT2D eigenvalue weighted by Crippen LogP contribution is 2.08. The summed E-state index contributed by atoms with van der Waals surface area (Å²) in [5.41, 5.74) is 2.02. The number of carbonyl (C=O) groups is 1. The van der Waals surface area contributed by atoms with E-state index in [2.05, 4.69) is 36.2 Å². The second-order valence-electron chi connectivity index (χ2n) is 6.90. The average Bonchev–Trinajstić information content (AvgIpc) is 2.66. The van der Waals surface area contributed by atoms with Gasteiger partial charge < -0.3 is 15.1 Å². The quantitative estimate of drug-likeness (QED) is 0.505. The van der Waals surface area contributed by atoms with E-state index >= 15 is 0 Å². The summed E-state index contributed by atoms with van der Waals surface area (Å²) in [7, 11) is 0. The monoisotopic (exact) mass is 361 g/mol. The molecular weight excluding hydrogens is 322 g/mol. The van der Waals surface area contributed by atoms with Crippen LogP contribution in [0, 0.1) is 0 Å². The minimum Gasteiger partial charge on any atom is -0.339 e. The van der Waals surface area contributed by atoms with Gasteiger partial charge in [-0.25, -0.2) is 0 Å². The van der Waals surface area contributed by atoms with Gasteiger partial charge in [-0.1, -0.05) is 26.0 Å². The predicted molar refractivity (Wildman–Crippen MR) is 112 cm³/mol. The van der Waals surface area contributed by atoms with Gasteiger partial charge in [0.15, 0.2) is 0 Å². The number of hydrogen-bond donors (Lipinski definition) is 1. The van der Waals surface area contributed by atoms with Gasteiger partial charge in [-0.2, -0.15) is 0 Å². The Balaban J connectivity index is 2.26. The molecule has 4 heteroatoms. The molecule has 1 aromatic rings. The summed E-state index contributed by atoms with van der Waals surface area (Å²) < 4.78 is 0. The van der Waals surface area contributed by atoms with E-state index in [0.717, 1.165) is 31.7 Å². The van der Waals surface area contributed by atoms with E-state index in [1.165, 1.54) is 50.9 Å². The molecule has 0 radical (unpaired) electrons. The second-order valence-corrected chi connectivity index (χ2v) is 6.90. The molecule has 0 unspecified atom stereocenters. The predicted octanol–water partition coefficient (Wildman–Crippen LogP) is 4.16. The summed E-state index contributed by atoms with van der Waals surface area (Å²) in [5.74, 6) is 0.123. The van der Waals surface area contributed by atoms with Crippen molar-refractivity contribution in [3.63, 3.8) is 0 Å². The van der Waals surface area contributed by atoms with Crippen LogP contribution in [-0.2, 0) is 6.54 Å². The number of hydrogen-bond acceptors (Lipinski definition) is 3. The highest BCUT2D eigenvalue weighted by Gasteiger charge is 2.11. The lowest BCUT2D eigenvalue weighted by Gasteiger charge is -2.20. The Hall–Kier alpha value is -1.39. The van der Waals surface area contributed by atoms with Crippen LogP contribution in [0.2, 0.25) is 0 Å².